The number of fused-ring (bicyclic) bond motifs is 1. The standard InChI is InChI=1S/C31H36FN9O2/c1-5-7-11-31(38-39-31)12-10-25(42)34-13-14-40-15-17-41(18-16-40)21-8-9-23-24(19-21)36-29(35-23)27-28(33-4)26(20(3)32)22(6-2)37-30(27)43/h1,6,8-9,19H,2-3,7,10-18H2,4H3,(H,34,42)(H,35,36)(H2,33,37,43). The van der Waals surface area contributed by atoms with E-state index in [2.05, 4.69) is 64.7 Å². The van der Waals surface area contributed by atoms with E-state index in [0.29, 0.717) is 43.6 Å². The molecule has 0 bridgehead atoms. The maximum absolute atomic E-state index is 14.4. The first-order valence-electron chi connectivity index (χ1n) is 14.3. The Morgan fingerprint density at radius 1 is 1.23 bits per heavy atom. The van der Waals surface area contributed by atoms with Crippen LogP contribution < -0.4 is 21.1 Å². The Morgan fingerprint density at radius 3 is 2.65 bits per heavy atom. The molecule has 0 atom stereocenters. The fourth-order valence-corrected chi connectivity index (χ4v) is 5.50. The zero-order valence-corrected chi connectivity index (χ0v) is 24.3. The summed E-state index contributed by atoms with van der Waals surface area (Å²) in [5, 5.41) is 14.1. The molecule has 0 unspecified atom stereocenters. The third-order valence-corrected chi connectivity index (χ3v) is 7.96. The van der Waals surface area contributed by atoms with E-state index in [1.54, 1.807) is 7.05 Å². The van der Waals surface area contributed by atoms with Crippen LogP contribution >= 0.6 is 0 Å². The molecule has 5 rings (SSSR count). The van der Waals surface area contributed by atoms with Gasteiger partial charge in [-0.3, -0.25) is 14.5 Å². The number of aromatic amines is 2. The summed E-state index contributed by atoms with van der Waals surface area (Å²) >= 11 is 0. The molecule has 2 aromatic heterocycles. The summed E-state index contributed by atoms with van der Waals surface area (Å²) in [6.07, 6.45) is 9.01. The van der Waals surface area contributed by atoms with Gasteiger partial charge in [-0.1, -0.05) is 13.2 Å². The topological polar surface area (TPSA) is 134 Å². The summed E-state index contributed by atoms with van der Waals surface area (Å²) < 4.78 is 14.4. The number of terminal acetylenes is 1. The lowest BCUT2D eigenvalue weighted by molar-refractivity contribution is -0.121. The molecule has 1 saturated heterocycles. The second-order valence-corrected chi connectivity index (χ2v) is 10.7. The SMILES string of the molecule is C#CCCC1(CCC(=O)NCCN2CCN(c3ccc4nc(-c5c(NC)c(C(=C)F)c(C=C)[nH]c5=O)[nH]c4c3)CC2)N=N1. The molecule has 0 radical (unpaired) electrons. The molecule has 2 aliphatic rings. The van der Waals surface area contributed by atoms with Crippen LogP contribution in [0.4, 0.5) is 15.8 Å². The highest BCUT2D eigenvalue weighted by atomic mass is 19.1. The van der Waals surface area contributed by atoms with E-state index in [1.165, 1.54) is 6.08 Å². The molecule has 2 aliphatic heterocycles. The Kier molecular flexibility index (Phi) is 8.73. The quantitative estimate of drug-likeness (QED) is 0.223. The highest BCUT2D eigenvalue weighted by molar-refractivity contribution is 5.90. The number of amides is 1. The lowest BCUT2D eigenvalue weighted by Gasteiger charge is -2.36. The molecule has 3 aromatic rings. The van der Waals surface area contributed by atoms with Crippen LogP contribution in [0.1, 0.15) is 36.9 Å². The molecule has 4 heterocycles. The molecule has 1 aromatic carbocycles. The van der Waals surface area contributed by atoms with Crippen LogP contribution in [-0.4, -0.2) is 77.7 Å². The van der Waals surface area contributed by atoms with Crippen LogP contribution in [0.15, 0.2) is 46.4 Å². The summed E-state index contributed by atoms with van der Waals surface area (Å²) in [7, 11) is 1.62. The number of carbonyl (C=O) groups excluding carboxylic acids is 1. The van der Waals surface area contributed by atoms with Gasteiger partial charge in [0.05, 0.1) is 28.0 Å². The van der Waals surface area contributed by atoms with Gasteiger partial charge in [-0.25, -0.2) is 9.37 Å². The normalized spacial score (nSPS) is 15.7. The van der Waals surface area contributed by atoms with Crippen LogP contribution in [0.2, 0.25) is 0 Å². The minimum absolute atomic E-state index is 0.00887. The minimum Gasteiger partial charge on any atom is -0.387 e. The van der Waals surface area contributed by atoms with Crippen LogP contribution in [0.25, 0.3) is 34.3 Å². The van der Waals surface area contributed by atoms with Gasteiger partial charge in [-0.15, -0.1) is 12.3 Å². The number of imidazole rings is 1. The number of nitrogens with zero attached hydrogens (tertiary/aromatic N) is 5. The zero-order chi connectivity index (χ0) is 30.6. The summed E-state index contributed by atoms with van der Waals surface area (Å²) in [5.41, 5.74) is 2.50. The van der Waals surface area contributed by atoms with Crippen molar-refractivity contribution >= 4 is 40.2 Å². The first-order valence-corrected chi connectivity index (χ1v) is 14.3. The summed E-state index contributed by atoms with van der Waals surface area (Å²) in [6.45, 7) is 11.8. The molecular weight excluding hydrogens is 549 g/mol. The highest BCUT2D eigenvalue weighted by Crippen LogP contribution is 2.37. The molecule has 12 heteroatoms. The highest BCUT2D eigenvalue weighted by Gasteiger charge is 2.39. The van der Waals surface area contributed by atoms with E-state index in [-0.39, 0.29) is 28.4 Å². The largest absolute Gasteiger partial charge is 0.387 e. The van der Waals surface area contributed by atoms with E-state index >= 15 is 0 Å². The number of hydrogen-bond donors (Lipinski definition) is 4. The molecule has 1 amide bonds. The number of H-pyrrole nitrogens is 2. The van der Waals surface area contributed by atoms with E-state index in [0.717, 1.165) is 43.9 Å². The fourth-order valence-electron chi connectivity index (χ4n) is 5.50. The molecule has 0 spiro atoms. The third kappa shape index (κ3) is 6.52. The van der Waals surface area contributed by atoms with E-state index in [4.69, 9.17) is 6.42 Å². The number of benzene rings is 1. The number of halogens is 1. The van der Waals surface area contributed by atoms with Gasteiger partial charge in [-0.05, 0) is 24.3 Å². The molecular formula is C31H36FN9O2. The fraction of sp³-hybridized carbons (Fsp3) is 0.387. The van der Waals surface area contributed by atoms with Crippen LogP contribution in [0.5, 0.6) is 0 Å². The van der Waals surface area contributed by atoms with Gasteiger partial charge >= 0.3 is 0 Å². The lowest BCUT2D eigenvalue weighted by atomic mass is 10.0. The van der Waals surface area contributed by atoms with Crippen LogP contribution in [0.3, 0.4) is 0 Å². The van der Waals surface area contributed by atoms with Crippen molar-refractivity contribution in [3.05, 3.63) is 53.0 Å². The van der Waals surface area contributed by atoms with Gasteiger partial charge in [-0.2, -0.15) is 10.2 Å². The Morgan fingerprint density at radius 2 is 2.00 bits per heavy atom. The molecule has 224 valence electrons. The van der Waals surface area contributed by atoms with Crippen LogP contribution in [-0.2, 0) is 4.79 Å². The molecule has 1 fully saturated rings. The first-order chi connectivity index (χ1) is 20.8. The van der Waals surface area contributed by atoms with Gasteiger partial charge in [0.1, 0.15) is 17.2 Å². The van der Waals surface area contributed by atoms with Gasteiger partial charge in [0.2, 0.25) is 5.91 Å². The molecule has 43 heavy (non-hydrogen) atoms. The van der Waals surface area contributed by atoms with Crippen molar-refractivity contribution in [3.63, 3.8) is 0 Å². The van der Waals surface area contributed by atoms with Crippen LogP contribution in [0, 0.1) is 12.3 Å². The number of nitrogens with one attached hydrogen (secondary N) is 4. The summed E-state index contributed by atoms with van der Waals surface area (Å²) in [5.74, 6) is 2.24. The van der Waals surface area contributed by atoms with Gasteiger partial charge < -0.3 is 25.5 Å². The Labute approximate surface area is 249 Å². The van der Waals surface area contributed by atoms with E-state index < -0.39 is 17.0 Å². The van der Waals surface area contributed by atoms with Gasteiger partial charge in [0, 0.05) is 77.7 Å². The molecule has 0 aliphatic carbocycles. The predicted octanol–water partition coefficient (Wildman–Crippen LogP) is 4.14. The number of pyridine rings is 1. The maximum Gasteiger partial charge on any atom is 0.261 e. The van der Waals surface area contributed by atoms with Gasteiger partial charge in [0.25, 0.3) is 5.56 Å². The minimum atomic E-state index is -0.692. The van der Waals surface area contributed by atoms with Crippen molar-refractivity contribution in [1.82, 2.24) is 25.2 Å². The van der Waals surface area contributed by atoms with E-state index in [9.17, 15) is 14.0 Å². The zero-order valence-electron chi connectivity index (χ0n) is 24.3. The number of hydrogen-bond acceptors (Lipinski definition) is 8. The predicted molar refractivity (Wildman–Crippen MR) is 168 cm³/mol. The van der Waals surface area contributed by atoms with Crippen molar-refractivity contribution in [2.75, 3.05) is 56.5 Å². The molecule has 0 saturated carbocycles. The smallest absolute Gasteiger partial charge is 0.261 e. The number of piperazine rings is 1. The molecule has 11 nitrogen and oxygen atoms in total. The Bertz CT molecular complexity index is 1670. The second-order valence-electron chi connectivity index (χ2n) is 10.7. The maximum atomic E-state index is 14.4. The first kappa shape index (κ1) is 29.7. The number of anilines is 2. The Hall–Kier alpha value is -4.76. The van der Waals surface area contributed by atoms with E-state index in [1.807, 2.05) is 18.2 Å². The van der Waals surface area contributed by atoms with Crippen molar-refractivity contribution in [1.29, 1.82) is 0 Å². The lowest BCUT2D eigenvalue weighted by Crippen LogP contribution is -2.48. The van der Waals surface area contributed by atoms with Crippen molar-refractivity contribution < 1.29 is 9.18 Å². The summed E-state index contributed by atoms with van der Waals surface area (Å²) in [6, 6.07) is 5.93. The average molecular weight is 586 g/mol. The number of aromatic nitrogens is 3. The van der Waals surface area contributed by atoms with Gasteiger partial charge in [0.15, 0.2) is 5.66 Å². The monoisotopic (exact) mass is 585 g/mol. The second kappa shape index (κ2) is 12.6. The van der Waals surface area contributed by atoms with Crippen molar-refractivity contribution in [2.24, 2.45) is 10.2 Å². The summed E-state index contributed by atoms with van der Waals surface area (Å²) in [4.78, 5) is 40.4. The third-order valence-electron chi connectivity index (χ3n) is 7.96. The average Bonchev–Trinajstić information content (AvgIpc) is 3.66. The number of rotatable bonds is 13. The number of carbonyl (C=O) groups is 1. The van der Waals surface area contributed by atoms with Crippen molar-refractivity contribution in [3.8, 4) is 23.7 Å². The van der Waals surface area contributed by atoms with Crippen molar-refractivity contribution in [2.45, 2.75) is 31.3 Å². The molecule has 4 N–H and O–H groups in total. The Balaban J connectivity index is 1.17.